The first-order chi connectivity index (χ1) is 16.6. The molecule has 0 bridgehead atoms. The molecule has 0 atom stereocenters. The summed E-state index contributed by atoms with van der Waals surface area (Å²) < 4.78 is 2.31. The van der Waals surface area contributed by atoms with Gasteiger partial charge in [0.15, 0.2) is 5.16 Å². The molecule has 176 valence electrons. The minimum Gasteiger partial charge on any atom is -0.353 e. The van der Waals surface area contributed by atoms with Crippen molar-refractivity contribution in [1.29, 1.82) is 0 Å². The van der Waals surface area contributed by atoms with Crippen molar-refractivity contribution < 1.29 is 4.79 Å². The van der Waals surface area contributed by atoms with E-state index in [0.717, 1.165) is 35.0 Å². The third kappa shape index (κ3) is 4.88. The van der Waals surface area contributed by atoms with E-state index in [2.05, 4.69) is 41.5 Å². The molecule has 4 aromatic rings. The zero-order valence-electron chi connectivity index (χ0n) is 19.3. The summed E-state index contributed by atoms with van der Waals surface area (Å²) in [5, 5.41) is 4.62. The molecule has 34 heavy (non-hydrogen) atoms. The van der Waals surface area contributed by atoms with Crippen LogP contribution in [0.2, 0.25) is 0 Å². The normalized spacial score (nSPS) is 14.6. The highest BCUT2D eigenvalue weighted by Gasteiger charge is 2.20. The van der Waals surface area contributed by atoms with Gasteiger partial charge in [-0.25, -0.2) is 9.97 Å². The molecule has 1 aliphatic carbocycles. The van der Waals surface area contributed by atoms with Gasteiger partial charge in [-0.05, 0) is 42.5 Å². The van der Waals surface area contributed by atoms with Gasteiger partial charge in [0, 0.05) is 17.6 Å². The van der Waals surface area contributed by atoms with Crippen molar-refractivity contribution in [3.8, 4) is 0 Å². The van der Waals surface area contributed by atoms with Crippen molar-refractivity contribution in [1.82, 2.24) is 19.9 Å². The summed E-state index contributed by atoms with van der Waals surface area (Å²) in [4.78, 5) is 36.4. The number of nitrogens with zero attached hydrogens (tertiary/aromatic N) is 3. The van der Waals surface area contributed by atoms with E-state index in [4.69, 9.17) is 4.98 Å². The van der Waals surface area contributed by atoms with Crippen LogP contribution < -0.4 is 10.9 Å². The summed E-state index contributed by atoms with van der Waals surface area (Å²) in [6, 6.07) is 12.4. The molecule has 0 unspecified atom stereocenters. The maximum Gasteiger partial charge on any atom is 0.272 e. The summed E-state index contributed by atoms with van der Waals surface area (Å²) in [5.41, 5.74) is 2.89. The van der Waals surface area contributed by atoms with Crippen molar-refractivity contribution in [2.24, 2.45) is 0 Å². The Bertz CT molecular complexity index is 1370. The summed E-state index contributed by atoms with van der Waals surface area (Å²) in [6.07, 6.45) is 8.40. The monoisotopic (exact) mass is 492 g/mol. The number of carbonyl (C=O) groups is 1. The number of pyridine rings is 1. The second kappa shape index (κ2) is 10.3. The minimum atomic E-state index is -0.0808. The fourth-order valence-corrected chi connectivity index (χ4v) is 6.33. The number of aryl methyl sites for hydroxylation is 1. The SMILES string of the molecule is CCc1ccc(Cn2c(SCC(=O)NC3CCCCC3)nc3c(sc4ncccc43)c2=O)cc1. The van der Waals surface area contributed by atoms with Gasteiger partial charge in [0.25, 0.3) is 5.56 Å². The second-order valence-corrected chi connectivity index (χ2v) is 10.7. The molecule has 0 spiro atoms. The molecule has 3 heterocycles. The largest absolute Gasteiger partial charge is 0.353 e. The molecule has 1 N–H and O–H groups in total. The molecule has 0 saturated heterocycles. The smallest absolute Gasteiger partial charge is 0.272 e. The van der Waals surface area contributed by atoms with Crippen molar-refractivity contribution in [3.63, 3.8) is 0 Å². The van der Waals surface area contributed by atoms with Crippen LogP contribution in [0.15, 0.2) is 52.5 Å². The molecule has 6 nitrogen and oxygen atoms in total. The van der Waals surface area contributed by atoms with E-state index >= 15 is 0 Å². The molecule has 5 rings (SSSR count). The first kappa shape index (κ1) is 23.1. The molecular weight excluding hydrogens is 464 g/mol. The second-order valence-electron chi connectivity index (χ2n) is 8.78. The number of carbonyl (C=O) groups excluding carboxylic acids is 1. The lowest BCUT2D eigenvalue weighted by molar-refractivity contribution is -0.119. The Kier molecular flexibility index (Phi) is 6.97. The molecule has 1 aliphatic rings. The van der Waals surface area contributed by atoms with E-state index < -0.39 is 0 Å². The molecule has 8 heteroatoms. The standard InChI is InChI=1S/C26H28N4O2S2/c1-2-17-10-12-18(13-11-17)15-30-25(32)23-22(20-9-6-14-27-24(20)34-23)29-26(30)33-16-21(31)28-19-7-4-3-5-8-19/h6,9-14,19H,2-5,7-8,15-16H2,1H3,(H,28,31). The van der Waals surface area contributed by atoms with Crippen molar-refractivity contribution in [2.45, 2.75) is 63.2 Å². The van der Waals surface area contributed by atoms with E-state index in [0.29, 0.717) is 21.9 Å². The van der Waals surface area contributed by atoms with Crippen molar-refractivity contribution in [3.05, 3.63) is 64.1 Å². The van der Waals surface area contributed by atoms with Gasteiger partial charge in [-0.3, -0.25) is 14.2 Å². The number of nitrogens with one attached hydrogen (secondary N) is 1. The summed E-state index contributed by atoms with van der Waals surface area (Å²) in [7, 11) is 0. The lowest BCUT2D eigenvalue weighted by Gasteiger charge is -2.22. The Labute approximate surface area is 206 Å². The zero-order valence-corrected chi connectivity index (χ0v) is 20.9. The van der Waals surface area contributed by atoms with Crippen molar-refractivity contribution in [2.75, 3.05) is 5.75 Å². The van der Waals surface area contributed by atoms with Gasteiger partial charge in [-0.15, -0.1) is 11.3 Å². The van der Waals surface area contributed by atoms with Gasteiger partial charge in [0.2, 0.25) is 5.91 Å². The van der Waals surface area contributed by atoms with Gasteiger partial charge in [-0.2, -0.15) is 0 Å². The maximum absolute atomic E-state index is 13.6. The number of amides is 1. The zero-order chi connectivity index (χ0) is 23.5. The van der Waals surface area contributed by atoms with Gasteiger partial charge in [-0.1, -0.05) is 62.2 Å². The molecular formula is C26H28N4O2S2. The van der Waals surface area contributed by atoms with Crippen LogP contribution in [-0.2, 0) is 17.8 Å². The Balaban J connectivity index is 1.47. The molecule has 1 fully saturated rings. The van der Waals surface area contributed by atoms with Gasteiger partial charge in [0.1, 0.15) is 9.53 Å². The number of rotatable bonds is 7. The van der Waals surface area contributed by atoms with Crippen LogP contribution in [0.4, 0.5) is 0 Å². The number of fused-ring (bicyclic) bond motifs is 3. The number of hydrogen-bond donors (Lipinski definition) is 1. The quantitative estimate of drug-likeness (QED) is 0.285. The molecule has 1 saturated carbocycles. The van der Waals surface area contributed by atoms with Gasteiger partial charge in [0.05, 0.1) is 17.8 Å². The number of aromatic nitrogens is 3. The highest BCUT2D eigenvalue weighted by atomic mass is 32.2. The van der Waals surface area contributed by atoms with Crippen molar-refractivity contribution >= 4 is 49.4 Å². The topological polar surface area (TPSA) is 76.9 Å². The van der Waals surface area contributed by atoms with Gasteiger partial charge < -0.3 is 5.32 Å². The Hall–Kier alpha value is -2.71. The van der Waals surface area contributed by atoms with Crippen LogP contribution in [0.3, 0.4) is 0 Å². The molecule has 0 radical (unpaired) electrons. The predicted octanol–water partition coefficient (Wildman–Crippen LogP) is 5.16. The van der Waals surface area contributed by atoms with Gasteiger partial charge >= 0.3 is 0 Å². The lowest BCUT2D eigenvalue weighted by Crippen LogP contribution is -2.37. The number of thiophene rings is 1. The van der Waals surface area contributed by atoms with Crippen LogP contribution in [0, 0.1) is 0 Å². The van der Waals surface area contributed by atoms with E-state index in [-0.39, 0.29) is 23.3 Å². The minimum absolute atomic E-state index is 0.00179. The first-order valence-corrected chi connectivity index (χ1v) is 13.7. The fraction of sp³-hybridized carbons (Fsp3) is 0.385. The Morgan fingerprint density at radius 2 is 1.91 bits per heavy atom. The third-order valence-electron chi connectivity index (χ3n) is 6.39. The fourth-order valence-electron chi connectivity index (χ4n) is 4.50. The van der Waals surface area contributed by atoms with E-state index in [1.54, 1.807) is 10.8 Å². The third-order valence-corrected chi connectivity index (χ3v) is 8.46. The average molecular weight is 493 g/mol. The molecule has 1 amide bonds. The predicted molar refractivity (Wildman–Crippen MR) is 140 cm³/mol. The molecule has 1 aromatic carbocycles. The summed E-state index contributed by atoms with van der Waals surface area (Å²) in [5.74, 6) is 0.241. The summed E-state index contributed by atoms with van der Waals surface area (Å²) in [6.45, 7) is 2.54. The van der Waals surface area contributed by atoms with Crippen LogP contribution in [0.5, 0.6) is 0 Å². The average Bonchev–Trinajstić information content (AvgIpc) is 3.24. The Morgan fingerprint density at radius 3 is 2.68 bits per heavy atom. The van der Waals surface area contributed by atoms with Crippen LogP contribution in [0.1, 0.15) is 50.2 Å². The summed E-state index contributed by atoms with van der Waals surface area (Å²) >= 11 is 2.72. The first-order valence-electron chi connectivity index (χ1n) is 11.9. The maximum atomic E-state index is 13.6. The van der Waals surface area contributed by atoms with Crippen LogP contribution >= 0.6 is 23.1 Å². The highest BCUT2D eigenvalue weighted by molar-refractivity contribution is 7.99. The number of benzene rings is 1. The highest BCUT2D eigenvalue weighted by Crippen LogP contribution is 2.30. The lowest BCUT2D eigenvalue weighted by atomic mass is 9.95. The van der Waals surface area contributed by atoms with Crippen LogP contribution in [-0.4, -0.2) is 32.2 Å². The Morgan fingerprint density at radius 1 is 1.15 bits per heavy atom. The van der Waals surface area contributed by atoms with E-state index in [1.165, 1.54) is 47.9 Å². The molecule has 0 aliphatic heterocycles. The number of thioether (sulfide) groups is 1. The molecule has 3 aromatic heterocycles. The van der Waals surface area contributed by atoms with Crippen LogP contribution in [0.25, 0.3) is 20.4 Å². The van der Waals surface area contributed by atoms with E-state index in [9.17, 15) is 9.59 Å². The number of hydrogen-bond acceptors (Lipinski definition) is 6. The van der Waals surface area contributed by atoms with E-state index in [1.807, 2.05) is 12.1 Å².